The fourth-order valence-electron chi connectivity index (χ4n) is 4.08. The summed E-state index contributed by atoms with van der Waals surface area (Å²) < 4.78 is 6.68. The minimum absolute atomic E-state index is 0.141. The van der Waals surface area contributed by atoms with Gasteiger partial charge in [0.15, 0.2) is 8.32 Å². The Morgan fingerprint density at radius 3 is 2.15 bits per heavy atom. The summed E-state index contributed by atoms with van der Waals surface area (Å²) in [6.07, 6.45) is 11.8. The number of rotatable bonds is 5. The van der Waals surface area contributed by atoms with E-state index in [1.165, 1.54) is 12.8 Å². The Balaban J connectivity index is 3.05. The van der Waals surface area contributed by atoms with Gasteiger partial charge in [0.25, 0.3) is 0 Å². The van der Waals surface area contributed by atoms with Crippen molar-refractivity contribution in [3.05, 3.63) is 0 Å². The summed E-state index contributed by atoms with van der Waals surface area (Å²) in [6.45, 7) is 24.0. The van der Waals surface area contributed by atoms with E-state index in [9.17, 15) is 0 Å². The molecule has 0 radical (unpaired) electrons. The highest BCUT2D eigenvalue weighted by atomic mass is 28.4. The monoisotopic (exact) mass is 404 g/mol. The molecule has 0 N–H and O–H groups in total. The zero-order valence-electron chi connectivity index (χ0n) is 19.8. The molecule has 1 rings (SSSR count). The summed E-state index contributed by atoms with van der Waals surface area (Å²) in [6, 6.07) is 0. The Morgan fingerprint density at radius 1 is 1.07 bits per heavy atom. The molecule has 0 heterocycles. The zero-order chi connectivity index (χ0) is 21.1. The number of terminal acetylenes is 1. The lowest BCUT2D eigenvalue weighted by Gasteiger charge is -2.51. The van der Waals surface area contributed by atoms with Crippen molar-refractivity contribution < 1.29 is 4.43 Å². The van der Waals surface area contributed by atoms with E-state index in [2.05, 4.69) is 84.7 Å². The maximum absolute atomic E-state index is 6.68. The van der Waals surface area contributed by atoms with Gasteiger partial charge in [-0.25, -0.2) is 0 Å². The Bertz CT molecular complexity index is 601. The van der Waals surface area contributed by atoms with Crippen LogP contribution in [0.4, 0.5) is 0 Å². The highest BCUT2D eigenvalue weighted by Gasteiger charge is 2.49. The quantitative estimate of drug-likeness (QED) is 0.350. The second-order valence-corrected chi connectivity index (χ2v) is 21.4. The van der Waals surface area contributed by atoms with Gasteiger partial charge in [-0.2, -0.15) is 0 Å². The van der Waals surface area contributed by atoms with Crippen LogP contribution in [-0.2, 0) is 4.43 Å². The van der Waals surface area contributed by atoms with Gasteiger partial charge in [0.2, 0.25) is 0 Å². The van der Waals surface area contributed by atoms with E-state index in [0.717, 1.165) is 25.9 Å². The van der Waals surface area contributed by atoms with Crippen LogP contribution in [0.1, 0.15) is 66.7 Å². The van der Waals surface area contributed by atoms with Crippen molar-refractivity contribution in [2.75, 3.05) is 6.61 Å². The summed E-state index contributed by atoms with van der Waals surface area (Å²) in [5.74, 6) is 7.22. The molecule has 3 heteroatoms. The topological polar surface area (TPSA) is 9.23 Å². The van der Waals surface area contributed by atoms with Crippen molar-refractivity contribution in [1.29, 1.82) is 0 Å². The lowest BCUT2D eigenvalue weighted by atomic mass is 9.55. The highest BCUT2D eigenvalue weighted by molar-refractivity contribution is 6.83. The minimum atomic E-state index is -1.81. The van der Waals surface area contributed by atoms with Crippen LogP contribution < -0.4 is 0 Å². The Morgan fingerprint density at radius 2 is 1.67 bits per heavy atom. The van der Waals surface area contributed by atoms with Gasteiger partial charge in [0, 0.05) is 6.42 Å². The summed E-state index contributed by atoms with van der Waals surface area (Å²) in [4.78, 5) is 0. The minimum Gasteiger partial charge on any atom is -0.415 e. The lowest BCUT2D eigenvalue weighted by Crippen LogP contribution is -2.50. The largest absolute Gasteiger partial charge is 0.415 e. The molecular formula is C24H44OSi2. The average Bonchev–Trinajstić information content (AvgIpc) is 2.48. The van der Waals surface area contributed by atoms with Crippen LogP contribution in [0.3, 0.4) is 0 Å². The van der Waals surface area contributed by atoms with Crippen molar-refractivity contribution in [3.63, 3.8) is 0 Å². The molecule has 0 aromatic rings. The second kappa shape index (κ2) is 8.48. The first kappa shape index (κ1) is 24.6. The predicted molar refractivity (Wildman–Crippen MR) is 126 cm³/mol. The summed E-state index contributed by atoms with van der Waals surface area (Å²) in [5, 5.41) is 0.214. The third-order valence-electron chi connectivity index (χ3n) is 6.86. The van der Waals surface area contributed by atoms with E-state index in [4.69, 9.17) is 10.8 Å². The molecule has 0 aromatic heterocycles. The van der Waals surface area contributed by atoms with Crippen molar-refractivity contribution in [1.82, 2.24) is 0 Å². The normalized spacial score (nSPS) is 26.0. The molecule has 0 amide bonds. The molecule has 1 saturated carbocycles. The first-order chi connectivity index (χ1) is 12.1. The molecule has 0 spiro atoms. The molecular weight excluding hydrogens is 360 g/mol. The van der Waals surface area contributed by atoms with E-state index in [-0.39, 0.29) is 15.9 Å². The molecule has 1 aliphatic rings. The van der Waals surface area contributed by atoms with Crippen LogP contribution in [0, 0.1) is 40.6 Å². The predicted octanol–water partition coefficient (Wildman–Crippen LogP) is 7.12. The van der Waals surface area contributed by atoms with Gasteiger partial charge < -0.3 is 4.43 Å². The smallest absolute Gasteiger partial charge is 0.192 e. The number of hydrogen-bond donors (Lipinski definition) is 0. The molecule has 154 valence electrons. The number of hydrogen-bond acceptors (Lipinski definition) is 1. The Kier molecular flexibility index (Phi) is 7.71. The van der Waals surface area contributed by atoms with Crippen LogP contribution in [-0.4, -0.2) is 23.0 Å². The average molecular weight is 405 g/mol. The molecule has 27 heavy (non-hydrogen) atoms. The maximum atomic E-state index is 6.68. The summed E-state index contributed by atoms with van der Waals surface area (Å²) >= 11 is 0. The highest BCUT2D eigenvalue weighted by Crippen LogP contribution is 2.53. The molecule has 2 atom stereocenters. The van der Waals surface area contributed by atoms with Crippen molar-refractivity contribution in [2.24, 2.45) is 16.7 Å². The van der Waals surface area contributed by atoms with Gasteiger partial charge in [0.1, 0.15) is 8.07 Å². The SMILES string of the molecule is C#C[C@]1(CO[Si](C)(C)C(C)(C)C)CCCC(C)(C)[C@@H]1CCC#C[Si](C)(C)C. The third kappa shape index (κ3) is 6.52. The molecule has 0 bridgehead atoms. The van der Waals surface area contributed by atoms with Gasteiger partial charge in [0.05, 0.1) is 12.0 Å². The van der Waals surface area contributed by atoms with Gasteiger partial charge >= 0.3 is 0 Å². The fraction of sp³-hybridized carbons (Fsp3) is 0.833. The summed E-state index contributed by atoms with van der Waals surface area (Å²) in [7, 11) is -3.11. The third-order valence-corrected chi connectivity index (χ3v) is 12.3. The maximum Gasteiger partial charge on any atom is 0.192 e. The van der Waals surface area contributed by atoms with E-state index < -0.39 is 16.4 Å². The Labute approximate surface area is 172 Å². The van der Waals surface area contributed by atoms with Crippen LogP contribution >= 0.6 is 0 Å². The first-order valence-corrected chi connectivity index (χ1v) is 17.1. The van der Waals surface area contributed by atoms with Crippen molar-refractivity contribution >= 4 is 16.4 Å². The van der Waals surface area contributed by atoms with Crippen molar-refractivity contribution in [2.45, 2.75) is 104 Å². The van der Waals surface area contributed by atoms with Crippen LogP contribution in [0.25, 0.3) is 0 Å². The first-order valence-electron chi connectivity index (χ1n) is 10.7. The second-order valence-electron chi connectivity index (χ2n) is 11.8. The van der Waals surface area contributed by atoms with Gasteiger partial charge in [-0.1, -0.05) is 66.6 Å². The fourth-order valence-corrected chi connectivity index (χ4v) is 5.79. The van der Waals surface area contributed by atoms with E-state index in [1.54, 1.807) is 0 Å². The van der Waals surface area contributed by atoms with Crippen LogP contribution in [0.2, 0.25) is 37.8 Å². The Hall–Kier alpha value is -0.486. The molecule has 1 nitrogen and oxygen atoms in total. The molecule has 1 aliphatic carbocycles. The molecule has 0 aromatic carbocycles. The lowest BCUT2D eigenvalue weighted by molar-refractivity contribution is -0.00917. The van der Waals surface area contributed by atoms with Gasteiger partial charge in [-0.3, -0.25) is 0 Å². The van der Waals surface area contributed by atoms with Crippen molar-refractivity contribution in [3.8, 4) is 23.8 Å². The zero-order valence-corrected chi connectivity index (χ0v) is 21.8. The summed E-state index contributed by atoms with van der Waals surface area (Å²) in [5.41, 5.74) is 3.63. The van der Waals surface area contributed by atoms with Crippen LogP contribution in [0.15, 0.2) is 0 Å². The molecule has 0 aliphatic heterocycles. The van der Waals surface area contributed by atoms with E-state index >= 15 is 0 Å². The molecule has 1 fully saturated rings. The van der Waals surface area contributed by atoms with E-state index in [1.807, 2.05) is 0 Å². The van der Waals surface area contributed by atoms with Gasteiger partial charge in [-0.15, -0.1) is 17.9 Å². The van der Waals surface area contributed by atoms with Gasteiger partial charge in [-0.05, 0) is 48.7 Å². The standard InChI is InChI=1S/C24H44OSi2/c1-12-24(20-25-27(10,11)22(2,3)4)18-15-17-23(5,6)21(24)16-13-14-19-26(7,8)9/h1,21H,13,15-18,20H2,2-11H3/t21-,24+/m0/s1. The van der Waals surface area contributed by atoms with Crippen LogP contribution in [0.5, 0.6) is 0 Å². The molecule has 0 unspecified atom stereocenters. The van der Waals surface area contributed by atoms with E-state index in [0.29, 0.717) is 5.92 Å². The molecule has 0 saturated heterocycles.